The molecule has 0 atom stereocenters. The maximum atomic E-state index is 8.78. The van der Waals surface area contributed by atoms with E-state index in [-0.39, 0.29) is 5.57 Å². The number of hydrogen-bond donors (Lipinski definition) is 2. The number of aromatic nitrogens is 1. The zero-order valence-electron chi connectivity index (χ0n) is 11.3. The molecule has 0 saturated heterocycles. The van der Waals surface area contributed by atoms with E-state index in [1.54, 1.807) is 13.2 Å². The maximum absolute atomic E-state index is 8.78. The smallest absolute Gasteiger partial charge is 0.169 e. The van der Waals surface area contributed by atoms with Gasteiger partial charge >= 0.3 is 0 Å². The number of nitrogens with one attached hydrogen (secondary N) is 2. The molecule has 0 aliphatic heterocycles. The van der Waals surface area contributed by atoms with Gasteiger partial charge in [0.2, 0.25) is 0 Å². The largest absolute Gasteiger partial charge is 0.373 e. The lowest BCUT2D eigenvalue weighted by Crippen LogP contribution is -2.26. The minimum atomic E-state index is 0.0558. The predicted octanol–water partition coefficient (Wildman–Crippen LogP) is 2.13. The highest BCUT2D eigenvalue weighted by atomic mass is 35.5. The molecule has 0 aliphatic carbocycles. The minimum Gasteiger partial charge on any atom is -0.373 e. The van der Waals surface area contributed by atoms with Crippen molar-refractivity contribution in [3.05, 3.63) is 40.4 Å². The van der Waals surface area contributed by atoms with Crippen LogP contribution in [0.4, 0.5) is 0 Å². The van der Waals surface area contributed by atoms with E-state index in [0.29, 0.717) is 17.4 Å². The van der Waals surface area contributed by atoms with Crippen molar-refractivity contribution in [2.24, 2.45) is 0 Å². The molecule has 20 heavy (non-hydrogen) atoms. The molecule has 0 bridgehead atoms. The van der Waals surface area contributed by atoms with Crippen LogP contribution in [0.3, 0.4) is 0 Å². The Morgan fingerprint density at radius 1 is 1.35 bits per heavy atom. The molecule has 2 N–H and O–H groups in total. The van der Waals surface area contributed by atoms with E-state index in [2.05, 4.69) is 15.6 Å². The third-order valence-electron chi connectivity index (χ3n) is 2.70. The van der Waals surface area contributed by atoms with Crippen molar-refractivity contribution in [2.75, 3.05) is 13.6 Å². The average Bonchev–Trinajstić information content (AvgIpc) is 2.47. The molecule has 1 aromatic rings. The zero-order chi connectivity index (χ0) is 14.8. The van der Waals surface area contributed by atoms with Crippen molar-refractivity contribution in [3.8, 4) is 12.1 Å². The highest BCUT2D eigenvalue weighted by molar-refractivity contribution is 6.31. The fraction of sp³-hybridized carbons (Fsp3) is 0.357. The Hall–Kier alpha value is -2.24. The molecule has 0 aliphatic rings. The van der Waals surface area contributed by atoms with Crippen LogP contribution in [0.1, 0.15) is 18.5 Å². The first-order valence-electron chi connectivity index (χ1n) is 6.28. The number of nitriles is 2. The van der Waals surface area contributed by atoms with E-state index in [1.807, 2.05) is 24.3 Å². The molecule has 0 spiro atoms. The predicted molar refractivity (Wildman–Crippen MR) is 77.5 cm³/mol. The summed E-state index contributed by atoms with van der Waals surface area (Å²) in [5, 5.41) is 24.1. The van der Waals surface area contributed by atoms with Gasteiger partial charge in [-0.2, -0.15) is 10.5 Å². The highest BCUT2D eigenvalue weighted by Crippen LogP contribution is 2.14. The van der Waals surface area contributed by atoms with Gasteiger partial charge in [-0.25, -0.2) is 0 Å². The summed E-state index contributed by atoms with van der Waals surface area (Å²) < 4.78 is 0. The molecule has 0 aromatic carbocycles. The molecular weight excluding hydrogens is 274 g/mol. The number of nitrogens with zero attached hydrogens (tertiary/aromatic N) is 3. The van der Waals surface area contributed by atoms with Crippen LogP contribution in [0.2, 0.25) is 5.02 Å². The van der Waals surface area contributed by atoms with Gasteiger partial charge in [-0.15, -0.1) is 0 Å². The SMILES string of the molecule is CNC(NCCCCc1ncccc1Cl)=C(C#N)C#N. The van der Waals surface area contributed by atoms with E-state index in [1.165, 1.54) is 0 Å². The first kappa shape index (κ1) is 15.8. The molecule has 0 unspecified atom stereocenters. The van der Waals surface area contributed by atoms with Crippen molar-refractivity contribution in [1.29, 1.82) is 10.5 Å². The van der Waals surface area contributed by atoms with Gasteiger partial charge in [-0.3, -0.25) is 4.98 Å². The van der Waals surface area contributed by atoms with Gasteiger partial charge in [0.1, 0.15) is 18.0 Å². The monoisotopic (exact) mass is 289 g/mol. The summed E-state index contributed by atoms with van der Waals surface area (Å²) in [7, 11) is 1.67. The lowest BCUT2D eigenvalue weighted by molar-refractivity contribution is 0.647. The van der Waals surface area contributed by atoms with Gasteiger partial charge in [-0.1, -0.05) is 11.6 Å². The molecular formula is C14H16ClN5. The van der Waals surface area contributed by atoms with Gasteiger partial charge in [0.05, 0.1) is 10.7 Å². The Morgan fingerprint density at radius 2 is 2.10 bits per heavy atom. The van der Waals surface area contributed by atoms with E-state index in [0.717, 1.165) is 25.0 Å². The van der Waals surface area contributed by atoms with Crippen LogP contribution in [0, 0.1) is 22.7 Å². The van der Waals surface area contributed by atoms with Gasteiger partial charge in [0, 0.05) is 19.8 Å². The fourth-order valence-corrected chi connectivity index (χ4v) is 1.89. The van der Waals surface area contributed by atoms with Crippen molar-refractivity contribution >= 4 is 11.6 Å². The van der Waals surface area contributed by atoms with Gasteiger partial charge in [0.15, 0.2) is 5.57 Å². The Labute approximate surface area is 123 Å². The second-order valence-electron chi connectivity index (χ2n) is 4.04. The quantitative estimate of drug-likeness (QED) is 0.593. The molecule has 0 fully saturated rings. The van der Waals surface area contributed by atoms with Gasteiger partial charge in [0.25, 0.3) is 0 Å². The highest BCUT2D eigenvalue weighted by Gasteiger charge is 2.04. The van der Waals surface area contributed by atoms with E-state index in [4.69, 9.17) is 22.1 Å². The minimum absolute atomic E-state index is 0.0558. The number of hydrogen-bond acceptors (Lipinski definition) is 5. The molecule has 0 amide bonds. The summed E-state index contributed by atoms with van der Waals surface area (Å²) in [5.74, 6) is 0.464. The number of pyridine rings is 1. The number of aryl methyl sites for hydroxylation is 1. The van der Waals surface area contributed by atoms with Crippen molar-refractivity contribution < 1.29 is 0 Å². The summed E-state index contributed by atoms with van der Waals surface area (Å²) in [5.41, 5.74) is 0.952. The molecule has 104 valence electrons. The molecule has 5 nitrogen and oxygen atoms in total. The standard InChI is InChI=1S/C14H16ClN5/c1-18-14(11(9-16)10-17)20-7-3-2-6-13-12(15)5-4-8-19-13/h4-5,8,18,20H,2-3,6-7H2,1H3. The average molecular weight is 290 g/mol. The van der Waals surface area contributed by atoms with Crippen LogP contribution in [0.25, 0.3) is 0 Å². The summed E-state index contributed by atoms with van der Waals surface area (Å²) in [6.07, 6.45) is 4.36. The van der Waals surface area contributed by atoms with E-state index < -0.39 is 0 Å². The van der Waals surface area contributed by atoms with Crippen LogP contribution in [0.5, 0.6) is 0 Å². The molecule has 1 heterocycles. The van der Waals surface area contributed by atoms with Crippen LogP contribution in [0.15, 0.2) is 29.7 Å². The normalized spacial score (nSPS) is 9.20. The van der Waals surface area contributed by atoms with Crippen LogP contribution in [-0.2, 0) is 6.42 Å². The molecule has 1 rings (SSSR count). The molecule has 0 radical (unpaired) electrons. The zero-order valence-corrected chi connectivity index (χ0v) is 12.0. The van der Waals surface area contributed by atoms with Crippen molar-refractivity contribution in [3.63, 3.8) is 0 Å². The first-order chi connectivity index (χ1) is 9.72. The number of halogens is 1. The maximum Gasteiger partial charge on any atom is 0.169 e. The van der Waals surface area contributed by atoms with Crippen LogP contribution >= 0.6 is 11.6 Å². The second-order valence-corrected chi connectivity index (χ2v) is 4.45. The summed E-state index contributed by atoms with van der Waals surface area (Å²) in [6.45, 7) is 0.674. The third kappa shape index (κ3) is 4.79. The summed E-state index contributed by atoms with van der Waals surface area (Å²) in [6, 6.07) is 7.32. The molecule has 6 heteroatoms. The van der Waals surface area contributed by atoms with Gasteiger partial charge in [-0.05, 0) is 31.4 Å². The fourth-order valence-electron chi connectivity index (χ4n) is 1.67. The van der Waals surface area contributed by atoms with Crippen LogP contribution in [-0.4, -0.2) is 18.6 Å². The van der Waals surface area contributed by atoms with Crippen molar-refractivity contribution in [2.45, 2.75) is 19.3 Å². The van der Waals surface area contributed by atoms with Crippen molar-refractivity contribution in [1.82, 2.24) is 15.6 Å². The third-order valence-corrected chi connectivity index (χ3v) is 3.04. The lowest BCUT2D eigenvalue weighted by Gasteiger charge is -2.10. The molecule has 1 aromatic heterocycles. The van der Waals surface area contributed by atoms with Gasteiger partial charge < -0.3 is 10.6 Å². The number of allylic oxidation sites excluding steroid dienone is 1. The lowest BCUT2D eigenvalue weighted by atomic mass is 10.2. The Bertz CT molecular complexity index is 537. The topological polar surface area (TPSA) is 84.5 Å². The summed E-state index contributed by atoms with van der Waals surface area (Å²) in [4.78, 5) is 4.22. The Balaban J connectivity index is 2.36. The Morgan fingerprint density at radius 3 is 2.70 bits per heavy atom. The van der Waals surface area contributed by atoms with E-state index in [9.17, 15) is 0 Å². The summed E-state index contributed by atoms with van der Waals surface area (Å²) >= 11 is 6.02. The first-order valence-corrected chi connectivity index (χ1v) is 6.66. The molecule has 0 saturated carbocycles. The van der Waals surface area contributed by atoms with E-state index >= 15 is 0 Å². The number of rotatable bonds is 7. The second kappa shape index (κ2) is 8.79. The van der Waals surface area contributed by atoms with Crippen LogP contribution < -0.4 is 10.6 Å². The number of unbranched alkanes of at least 4 members (excludes halogenated alkanes) is 1. The Kier molecular flexibility index (Phi) is 6.95.